The van der Waals surface area contributed by atoms with Gasteiger partial charge in [-0.15, -0.1) is 0 Å². The second kappa shape index (κ2) is 11.5. The Balaban J connectivity index is 2.00. The van der Waals surface area contributed by atoms with Crippen molar-refractivity contribution in [3.63, 3.8) is 0 Å². The van der Waals surface area contributed by atoms with Crippen molar-refractivity contribution in [1.29, 1.82) is 0 Å². The van der Waals surface area contributed by atoms with Crippen molar-refractivity contribution >= 4 is 15.9 Å². The topological polar surface area (TPSA) is 125 Å². The number of carbonyl (C=O) groups is 1. The molecule has 36 heavy (non-hydrogen) atoms. The predicted molar refractivity (Wildman–Crippen MR) is 137 cm³/mol. The quantitative estimate of drug-likeness (QED) is 0.434. The van der Waals surface area contributed by atoms with Gasteiger partial charge in [0.25, 0.3) is 0 Å². The summed E-state index contributed by atoms with van der Waals surface area (Å²) in [6.45, 7) is 5.65. The van der Waals surface area contributed by atoms with Crippen molar-refractivity contribution in [2.24, 2.45) is 11.8 Å². The van der Waals surface area contributed by atoms with Gasteiger partial charge < -0.3 is 24.6 Å². The number of sulfonamides is 1. The standard InChI is InChI=1S/C26H36N2O7S/c1-16-10-17(2)15-28(14-16)24(30)13-21(25-22(29)11-20(34-3)12-23(25)35-4)18-6-8-19(9-7-18)26(31)27-36(5,32)33/h6-9,11-12,16-17,21,26-27,29,31H,10,13-15H2,1-5H3/t16-,17?,21-,26?/m1/s1. The highest BCUT2D eigenvalue weighted by Crippen LogP contribution is 2.43. The number of hydrogen-bond acceptors (Lipinski definition) is 7. The Morgan fingerprint density at radius 2 is 1.67 bits per heavy atom. The van der Waals surface area contributed by atoms with E-state index in [1.54, 1.807) is 30.3 Å². The first-order valence-electron chi connectivity index (χ1n) is 11.9. The summed E-state index contributed by atoms with van der Waals surface area (Å²) in [5.74, 6) is 0.965. The van der Waals surface area contributed by atoms with Crippen molar-refractivity contribution in [2.45, 2.75) is 38.8 Å². The zero-order valence-corrected chi connectivity index (χ0v) is 22.2. The number of hydrogen-bond donors (Lipinski definition) is 3. The van der Waals surface area contributed by atoms with Gasteiger partial charge in [-0.2, -0.15) is 4.72 Å². The Morgan fingerprint density at radius 3 is 2.19 bits per heavy atom. The van der Waals surface area contributed by atoms with Crippen LogP contribution in [0, 0.1) is 11.8 Å². The van der Waals surface area contributed by atoms with E-state index in [2.05, 4.69) is 18.6 Å². The number of amides is 1. The van der Waals surface area contributed by atoms with E-state index in [1.807, 2.05) is 4.90 Å². The average Bonchev–Trinajstić information content (AvgIpc) is 2.80. The Kier molecular flexibility index (Phi) is 8.86. The van der Waals surface area contributed by atoms with Gasteiger partial charge in [0.1, 0.15) is 23.5 Å². The molecule has 1 saturated heterocycles. The van der Waals surface area contributed by atoms with Crippen LogP contribution < -0.4 is 14.2 Å². The van der Waals surface area contributed by atoms with Crippen molar-refractivity contribution < 1.29 is 32.9 Å². The van der Waals surface area contributed by atoms with Gasteiger partial charge in [-0.05, 0) is 29.4 Å². The maximum absolute atomic E-state index is 13.5. The molecule has 0 saturated carbocycles. The Labute approximate surface area is 213 Å². The number of piperidine rings is 1. The fraction of sp³-hybridized carbons (Fsp3) is 0.500. The normalized spacial score (nSPS) is 20.0. The van der Waals surface area contributed by atoms with E-state index >= 15 is 0 Å². The first-order valence-corrected chi connectivity index (χ1v) is 13.8. The molecule has 4 atom stereocenters. The molecule has 1 amide bonds. The number of aliphatic hydroxyl groups excluding tert-OH is 1. The number of phenolic OH excluding ortho intramolecular Hbond substituents is 1. The summed E-state index contributed by atoms with van der Waals surface area (Å²) in [5, 5.41) is 21.2. The highest BCUT2D eigenvalue weighted by Gasteiger charge is 2.31. The zero-order valence-electron chi connectivity index (χ0n) is 21.4. The van der Waals surface area contributed by atoms with Crippen molar-refractivity contribution in [3.8, 4) is 17.2 Å². The van der Waals surface area contributed by atoms with Crippen molar-refractivity contribution in [2.75, 3.05) is 33.6 Å². The first kappa shape index (κ1) is 27.8. The van der Waals surface area contributed by atoms with E-state index < -0.39 is 22.2 Å². The third kappa shape index (κ3) is 6.89. The minimum absolute atomic E-state index is 0.0291. The molecule has 1 aliphatic heterocycles. The maximum atomic E-state index is 13.5. The lowest BCUT2D eigenvalue weighted by Crippen LogP contribution is -2.43. The summed E-state index contributed by atoms with van der Waals surface area (Å²) in [6, 6.07) is 9.75. The zero-order chi connectivity index (χ0) is 26.6. The van der Waals surface area contributed by atoms with Crippen LogP contribution in [0.5, 0.6) is 17.2 Å². The van der Waals surface area contributed by atoms with E-state index in [0.29, 0.717) is 53.1 Å². The van der Waals surface area contributed by atoms with Crippen LogP contribution in [0.15, 0.2) is 36.4 Å². The lowest BCUT2D eigenvalue weighted by Gasteiger charge is -2.36. The largest absolute Gasteiger partial charge is 0.507 e. The molecule has 0 bridgehead atoms. The van der Waals surface area contributed by atoms with E-state index in [9.17, 15) is 23.4 Å². The molecule has 1 heterocycles. The van der Waals surface area contributed by atoms with Gasteiger partial charge in [0.2, 0.25) is 15.9 Å². The molecule has 1 aliphatic rings. The molecule has 0 aromatic heterocycles. The molecule has 198 valence electrons. The number of nitrogens with zero attached hydrogens (tertiary/aromatic N) is 1. The molecule has 9 nitrogen and oxygen atoms in total. The number of aliphatic hydroxyl groups is 1. The Hall–Kier alpha value is -2.82. The van der Waals surface area contributed by atoms with Crippen molar-refractivity contribution in [1.82, 2.24) is 9.62 Å². The van der Waals surface area contributed by atoms with Gasteiger partial charge in [0.15, 0.2) is 0 Å². The number of rotatable bonds is 9. The minimum Gasteiger partial charge on any atom is -0.507 e. The van der Waals surface area contributed by atoms with E-state index in [-0.39, 0.29) is 18.1 Å². The summed E-state index contributed by atoms with van der Waals surface area (Å²) >= 11 is 0. The second-order valence-corrected chi connectivity index (χ2v) is 11.5. The summed E-state index contributed by atoms with van der Waals surface area (Å²) in [4.78, 5) is 15.4. The van der Waals surface area contributed by atoms with Crippen LogP contribution >= 0.6 is 0 Å². The molecular formula is C26H36N2O7S. The van der Waals surface area contributed by atoms with E-state index in [1.165, 1.54) is 20.3 Å². The number of methoxy groups -OCH3 is 2. The second-order valence-electron chi connectivity index (χ2n) is 9.72. The van der Waals surface area contributed by atoms with Gasteiger partial charge in [-0.25, -0.2) is 8.42 Å². The maximum Gasteiger partial charge on any atom is 0.223 e. The van der Waals surface area contributed by atoms with Gasteiger partial charge in [-0.1, -0.05) is 38.1 Å². The molecule has 0 radical (unpaired) electrons. The van der Waals surface area contributed by atoms with Crippen LogP contribution in [-0.2, 0) is 14.8 Å². The average molecular weight is 521 g/mol. The number of carbonyl (C=O) groups excluding carboxylic acids is 1. The number of nitrogens with one attached hydrogen (secondary N) is 1. The summed E-state index contributed by atoms with van der Waals surface area (Å²) < 4.78 is 35.9. The van der Waals surface area contributed by atoms with Crippen LogP contribution in [0.1, 0.15) is 55.5 Å². The minimum atomic E-state index is -3.61. The fourth-order valence-electron chi connectivity index (χ4n) is 4.96. The number of likely N-dealkylation sites (tertiary alicyclic amines) is 1. The van der Waals surface area contributed by atoms with Crippen LogP contribution in [0.4, 0.5) is 0 Å². The molecule has 1 fully saturated rings. The molecule has 0 spiro atoms. The van der Waals surface area contributed by atoms with Gasteiger partial charge >= 0.3 is 0 Å². The predicted octanol–water partition coefficient (Wildman–Crippen LogP) is 2.98. The first-order chi connectivity index (χ1) is 16.9. The van der Waals surface area contributed by atoms with Gasteiger partial charge in [0.05, 0.1) is 20.5 Å². The van der Waals surface area contributed by atoms with Gasteiger partial charge in [-0.3, -0.25) is 4.79 Å². The third-order valence-electron chi connectivity index (χ3n) is 6.48. The van der Waals surface area contributed by atoms with Crippen LogP contribution in [-0.4, -0.2) is 63.0 Å². The van der Waals surface area contributed by atoms with Gasteiger partial charge in [0, 0.05) is 43.1 Å². The smallest absolute Gasteiger partial charge is 0.223 e. The van der Waals surface area contributed by atoms with Crippen LogP contribution in [0.25, 0.3) is 0 Å². The molecule has 2 unspecified atom stereocenters. The number of aromatic hydroxyl groups is 1. The fourth-order valence-corrected chi connectivity index (χ4v) is 5.50. The summed E-state index contributed by atoms with van der Waals surface area (Å²) in [5.41, 5.74) is 1.50. The number of ether oxygens (including phenoxy) is 2. The van der Waals surface area contributed by atoms with E-state index in [0.717, 1.165) is 12.7 Å². The Morgan fingerprint density at radius 1 is 1.08 bits per heavy atom. The number of phenols is 1. The monoisotopic (exact) mass is 520 g/mol. The van der Waals surface area contributed by atoms with Crippen molar-refractivity contribution in [3.05, 3.63) is 53.1 Å². The lowest BCUT2D eigenvalue weighted by molar-refractivity contribution is -0.134. The molecule has 2 aromatic carbocycles. The molecule has 2 aromatic rings. The molecule has 3 rings (SSSR count). The third-order valence-corrected chi connectivity index (χ3v) is 7.13. The highest BCUT2D eigenvalue weighted by atomic mass is 32.2. The SMILES string of the molecule is COc1cc(O)c([C@H](CC(=O)N2CC(C)C[C@@H](C)C2)c2ccc(C(O)NS(C)(=O)=O)cc2)c(OC)c1. The molecule has 0 aliphatic carbocycles. The summed E-state index contributed by atoms with van der Waals surface area (Å²) in [6.07, 6.45) is 0.729. The number of benzene rings is 2. The summed E-state index contributed by atoms with van der Waals surface area (Å²) in [7, 11) is -0.636. The molecular weight excluding hydrogens is 484 g/mol. The Bertz CT molecular complexity index is 1160. The highest BCUT2D eigenvalue weighted by molar-refractivity contribution is 7.88. The molecule has 10 heteroatoms. The van der Waals surface area contributed by atoms with E-state index in [4.69, 9.17) is 9.47 Å². The van der Waals surface area contributed by atoms with Crippen LogP contribution in [0.3, 0.4) is 0 Å². The van der Waals surface area contributed by atoms with Crippen LogP contribution in [0.2, 0.25) is 0 Å². The molecule has 3 N–H and O–H groups in total. The lowest BCUT2D eigenvalue weighted by atomic mass is 9.85.